The summed E-state index contributed by atoms with van der Waals surface area (Å²) in [5, 5.41) is 20.3. The number of carbonyl (C=O) groups excluding carboxylic acids is 1. The van der Waals surface area contributed by atoms with Gasteiger partial charge in [0.25, 0.3) is 5.91 Å². The molecule has 6 heteroatoms. The van der Waals surface area contributed by atoms with Gasteiger partial charge in [-0.15, -0.1) is 0 Å². The van der Waals surface area contributed by atoms with Crippen LogP contribution in [0.25, 0.3) is 0 Å². The van der Waals surface area contributed by atoms with Gasteiger partial charge in [0.15, 0.2) is 12.6 Å². The van der Waals surface area contributed by atoms with Crippen molar-refractivity contribution in [3.8, 4) is 5.75 Å². The fourth-order valence-electron chi connectivity index (χ4n) is 1.77. The molecular formula is C14H19NO5. The average molecular weight is 281 g/mol. The fraction of sp³-hybridized carbons (Fsp3) is 0.429. The topological polar surface area (TPSA) is 95.9 Å². The second kappa shape index (κ2) is 6.91. The number of aliphatic carboxylic acids is 1. The van der Waals surface area contributed by atoms with Crippen LogP contribution in [0.5, 0.6) is 5.75 Å². The molecule has 0 saturated heterocycles. The lowest BCUT2D eigenvalue weighted by Crippen LogP contribution is -2.49. The number of ether oxygens (including phenoxy) is 1. The summed E-state index contributed by atoms with van der Waals surface area (Å²) in [5.41, 5.74) is 2.01. The van der Waals surface area contributed by atoms with Crippen molar-refractivity contribution >= 4 is 11.9 Å². The minimum Gasteiger partial charge on any atom is -0.484 e. The predicted molar refractivity (Wildman–Crippen MR) is 72.7 cm³/mol. The molecule has 1 aromatic carbocycles. The summed E-state index contributed by atoms with van der Waals surface area (Å²) >= 11 is 0. The first-order chi connectivity index (χ1) is 9.29. The maximum Gasteiger partial charge on any atom is 0.328 e. The molecule has 1 aromatic rings. The lowest BCUT2D eigenvalue weighted by atomic mass is 10.1. The second-order valence-corrected chi connectivity index (χ2v) is 4.74. The molecule has 0 aliphatic heterocycles. The molecule has 1 amide bonds. The number of carboxylic acids is 1. The van der Waals surface area contributed by atoms with Gasteiger partial charge in [-0.3, -0.25) is 4.79 Å². The van der Waals surface area contributed by atoms with Gasteiger partial charge in [-0.2, -0.15) is 0 Å². The quantitative estimate of drug-likeness (QED) is 0.711. The van der Waals surface area contributed by atoms with Crippen LogP contribution in [-0.2, 0) is 9.59 Å². The van der Waals surface area contributed by atoms with E-state index in [1.807, 2.05) is 19.9 Å². The molecular weight excluding hydrogens is 262 g/mol. The van der Waals surface area contributed by atoms with E-state index in [0.717, 1.165) is 11.1 Å². The third-order valence-electron chi connectivity index (χ3n) is 2.63. The normalized spacial score (nSPS) is 13.4. The van der Waals surface area contributed by atoms with Gasteiger partial charge in [-0.1, -0.05) is 6.07 Å². The first kappa shape index (κ1) is 16.0. The average Bonchev–Trinajstić information content (AvgIpc) is 2.31. The van der Waals surface area contributed by atoms with Gasteiger partial charge < -0.3 is 20.3 Å². The number of rotatable bonds is 6. The van der Waals surface area contributed by atoms with Gasteiger partial charge in [0.05, 0.1) is 6.10 Å². The molecule has 0 aliphatic carbocycles. The highest BCUT2D eigenvalue weighted by atomic mass is 16.5. The van der Waals surface area contributed by atoms with E-state index in [4.69, 9.17) is 9.84 Å². The number of hydrogen-bond acceptors (Lipinski definition) is 4. The second-order valence-electron chi connectivity index (χ2n) is 4.74. The maximum absolute atomic E-state index is 11.6. The van der Waals surface area contributed by atoms with E-state index >= 15 is 0 Å². The highest BCUT2D eigenvalue weighted by Gasteiger charge is 2.24. The largest absolute Gasteiger partial charge is 0.484 e. The Morgan fingerprint density at radius 2 is 1.80 bits per heavy atom. The lowest BCUT2D eigenvalue weighted by Gasteiger charge is -2.17. The molecule has 0 radical (unpaired) electrons. The zero-order valence-electron chi connectivity index (χ0n) is 11.7. The van der Waals surface area contributed by atoms with E-state index in [2.05, 4.69) is 5.32 Å². The van der Waals surface area contributed by atoms with Gasteiger partial charge in [-0.05, 0) is 44.0 Å². The lowest BCUT2D eigenvalue weighted by molar-refractivity contribution is -0.145. The standard InChI is InChI=1S/C14H19NO5/c1-8-4-9(2)6-11(5-8)20-7-12(17)15-13(10(3)16)14(18)19/h4-6,10,13,16H,7H2,1-3H3,(H,15,17)(H,18,19)/t10-,13+/m1/s1. The van der Waals surface area contributed by atoms with Gasteiger partial charge in [0.1, 0.15) is 5.75 Å². The Balaban J connectivity index is 2.56. The molecule has 2 atom stereocenters. The Kier molecular flexibility index (Phi) is 5.52. The first-order valence-corrected chi connectivity index (χ1v) is 6.21. The summed E-state index contributed by atoms with van der Waals surface area (Å²) in [4.78, 5) is 22.4. The molecule has 0 aliphatic rings. The minimum absolute atomic E-state index is 0.306. The monoisotopic (exact) mass is 281 g/mol. The molecule has 0 aromatic heterocycles. The molecule has 3 N–H and O–H groups in total. The Morgan fingerprint density at radius 1 is 1.25 bits per heavy atom. The summed E-state index contributed by atoms with van der Waals surface area (Å²) in [6.07, 6.45) is -1.18. The highest BCUT2D eigenvalue weighted by molar-refractivity contribution is 5.84. The third kappa shape index (κ3) is 4.89. The molecule has 1 rings (SSSR count). The van der Waals surface area contributed by atoms with Crippen LogP contribution in [0.2, 0.25) is 0 Å². The number of benzene rings is 1. The van der Waals surface area contributed by atoms with Crippen LogP contribution < -0.4 is 10.1 Å². The van der Waals surface area contributed by atoms with E-state index < -0.39 is 24.0 Å². The number of aliphatic hydroxyl groups is 1. The molecule has 0 bridgehead atoms. The number of aryl methyl sites for hydroxylation is 2. The van der Waals surface area contributed by atoms with Crippen LogP contribution in [-0.4, -0.2) is 40.8 Å². The van der Waals surface area contributed by atoms with Crippen LogP contribution >= 0.6 is 0 Å². The summed E-state index contributed by atoms with van der Waals surface area (Å²) in [6, 6.07) is 4.19. The van der Waals surface area contributed by atoms with Crippen molar-refractivity contribution in [3.63, 3.8) is 0 Å². The number of carbonyl (C=O) groups is 2. The van der Waals surface area contributed by atoms with Crippen molar-refractivity contribution < 1.29 is 24.5 Å². The number of aliphatic hydroxyl groups excluding tert-OH is 1. The number of amides is 1. The summed E-state index contributed by atoms with van der Waals surface area (Å²) in [5.74, 6) is -1.35. The van der Waals surface area contributed by atoms with Crippen LogP contribution in [0.15, 0.2) is 18.2 Å². The van der Waals surface area contributed by atoms with Crippen molar-refractivity contribution in [2.45, 2.75) is 32.9 Å². The zero-order valence-corrected chi connectivity index (χ0v) is 11.7. The molecule has 20 heavy (non-hydrogen) atoms. The molecule has 0 unspecified atom stereocenters. The number of nitrogens with one attached hydrogen (secondary N) is 1. The van der Waals surface area contributed by atoms with Crippen molar-refractivity contribution in [1.29, 1.82) is 0 Å². The minimum atomic E-state index is -1.34. The van der Waals surface area contributed by atoms with Crippen LogP contribution in [0, 0.1) is 13.8 Å². The molecule has 6 nitrogen and oxygen atoms in total. The van der Waals surface area contributed by atoms with E-state index in [-0.39, 0.29) is 6.61 Å². The van der Waals surface area contributed by atoms with E-state index in [9.17, 15) is 14.7 Å². The van der Waals surface area contributed by atoms with Crippen molar-refractivity contribution in [2.75, 3.05) is 6.61 Å². The molecule has 0 spiro atoms. The Bertz CT molecular complexity index is 478. The fourth-order valence-corrected chi connectivity index (χ4v) is 1.77. The van der Waals surface area contributed by atoms with Gasteiger partial charge in [0, 0.05) is 0 Å². The van der Waals surface area contributed by atoms with Gasteiger partial charge in [0.2, 0.25) is 0 Å². The third-order valence-corrected chi connectivity index (χ3v) is 2.63. The molecule has 0 saturated carbocycles. The SMILES string of the molecule is Cc1cc(C)cc(OCC(=O)N[C@H](C(=O)O)[C@@H](C)O)c1. The molecule has 0 fully saturated rings. The van der Waals surface area contributed by atoms with Crippen molar-refractivity contribution in [2.24, 2.45) is 0 Å². The van der Waals surface area contributed by atoms with E-state index in [0.29, 0.717) is 5.75 Å². The first-order valence-electron chi connectivity index (χ1n) is 6.21. The van der Waals surface area contributed by atoms with Crippen molar-refractivity contribution in [1.82, 2.24) is 5.32 Å². The number of carboxylic acid groups (broad SMARTS) is 1. The zero-order chi connectivity index (χ0) is 15.3. The summed E-state index contributed by atoms with van der Waals surface area (Å²) in [7, 11) is 0. The van der Waals surface area contributed by atoms with Gasteiger partial charge in [-0.25, -0.2) is 4.79 Å². The van der Waals surface area contributed by atoms with E-state index in [1.165, 1.54) is 6.92 Å². The van der Waals surface area contributed by atoms with Crippen LogP contribution in [0.3, 0.4) is 0 Å². The molecule has 0 heterocycles. The maximum atomic E-state index is 11.6. The van der Waals surface area contributed by atoms with E-state index in [1.54, 1.807) is 12.1 Å². The van der Waals surface area contributed by atoms with Crippen LogP contribution in [0.1, 0.15) is 18.1 Å². The highest BCUT2D eigenvalue weighted by Crippen LogP contribution is 2.15. The van der Waals surface area contributed by atoms with Crippen LogP contribution in [0.4, 0.5) is 0 Å². The Morgan fingerprint density at radius 3 is 2.25 bits per heavy atom. The predicted octanol–water partition coefficient (Wildman–Crippen LogP) is 0.632. The van der Waals surface area contributed by atoms with Crippen molar-refractivity contribution in [3.05, 3.63) is 29.3 Å². The Labute approximate surface area is 117 Å². The number of hydrogen-bond donors (Lipinski definition) is 3. The smallest absolute Gasteiger partial charge is 0.328 e. The summed E-state index contributed by atoms with van der Waals surface area (Å²) in [6.45, 7) is 4.81. The van der Waals surface area contributed by atoms with Gasteiger partial charge >= 0.3 is 5.97 Å². The summed E-state index contributed by atoms with van der Waals surface area (Å²) < 4.78 is 5.30. The molecule has 110 valence electrons. The Hall–Kier alpha value is -2.08.